The monoisotopic (exact) mass is 459 g/mol. The first-order valence-electron chi connectivity index (χ1n) is 8.21. The van der Waals surface area contributed by atoms with E-state index < -0.39 is 0 Å². The molecule has 2 nitrogen and oxygen atoms in total. The van der Waals surface area contributed by atoms with E-state index in [2.05, 4.69) is 61.5 Å². The number of allylic oxidation sites excluding steroid dienone is 3. The van der Waals surface area contributed by atoms with Crippen molar-refractivity contribution in [1.82, 2.24) is 0 Å². The summed E-state index contributed by atoms with van der Waals surface area (Å²) in [5.74, 6) is 1.02. The first kappa shape index (κ1) is 18.2. The highest BCUT2D eigenvalue weighted by molar-refractivity contribution is 9.13. The molecule has 1 aliphatic rings. The van der Waals surface area contributed by atoms with Gasteiger partial charge in [-0.3, -0.25) is 4.79 Å². The zero-order valence-corrected chi connectivity index (χ0v) is 17.0. The molecule has 0 radical (unpaired) electrons. The minimum Gasteiger partial charge on any atom is -0.322 e. The zero-order chi connectivity index (χ0) is 17.8. The van der Waals surface area contributed by atoms with Crippen molar-refractivity contribution in [2.45, 2.75) is 19.3 Å². The smallest absolute Gasteiger partial charge is 0.248 e. The normalized spacial score (nSPS) is 19.5. The third-order valence-corrected chi connectivity index (χ3v) is 6.21. The molecule has 128 valence electrons. The topological polar surface area (TPSA) is 29.1 Å². The van der Waals surface area contributed by atoms with Crippen molar-refractivity contribution in [2.75, 3.05) is 5.32 Å². The summed E-state index contributed by atoms with van der Waals surface area (Å²) in [5, 5.41) is 2.89. The Hall–Kier alpha value is -1.65. The van der Waals surface area contributed by atoms with Gasteiger partial charge in [-0.15, -0.1) is 0 Å². The van der Waals surface area contributed by atoms with Crippen LogP contribution in [0.1, 0.15) is 23.5 Å². The van der Waals surface area contributed by atoms with Crippen LogP contribution in [0.3, 0.4) is 0 Å². The lowest BCUT2D eigenvalue weighted by atomic mass is 10.1. The van der Waals surface area contributed by atoms with E-state index in [1.54, 1.807) is 12.2 Å². The van der Waals surface area contributed by atoms with Crippen LogP contribution in [-0.4, -0.2) is 5.91 Å². The molecule has 2 atom stereocenters. The zero-order valence-electron chi connectivity index (χ0n) is 13.9. The molecule has 1 N–H and O–H groups in total. The van der Waals surface area contributed by atoms with E-state index in [1.807, 2.05) is 37.3 Å². The number of benzene rings is 2. The summed E-state index contributed by atoms with van der Waals surface area (Å²) < 4.78 is 2.17. The van der Waals surface area contributed by atoms with Gasteiger partial charge in [0.15, 0.2) is 0 Å². The molecule has 1 saturated carbocycles. The van der Waals surface area contributed by atoms with Gasteiger partial charge in [0.05, 0.1) is 0 Å². The molecular formula is C21H19Br2NO. The van der Waals surface area contributed by atoms with Crippen LogP contribution in [0.5, 0.6) is 0 Å². The van der Waals surface area contributed by atoms with Crippen LogP contribution in [0.25, 0.3) is 0 Å². The number of hydrogen-bond donors (Lipinski definition) is 1. The average Bonchev–Trinajstić information content (AvgIpc) is 3.36. The van der Waals surface area contributed by atoms with Crippen LogP contribution in [0.4, 0.5) is 5.69 Å². The van der Waals surface area contributed by atoms with Gasteiger partial charge in [-0.25, -0.2) is 0 Å². The van der Waals surface area contributed by atoms with E-state index in [1.165, 1.54) is 5.56 Å². The van der Waals surface area contributed by atoms with Gasteiger partial charge in [0.25, 0.3) is 0 Å². The third kappa shape index (κ3) is 4.93. The number of aryl methyl sites for hydroxylation is 1. The van der Waals surface area contributed by atoms with Crippen LogP contribution in [0, 0.1) is 12.8 Å². The Morgan fingerprint density at radius 1 is 1.12 bits per heavy atom. The van der Waals surface area contributed by atoms with Gasteiger partial charge < -0.3 is 5.32 Å². The van der Waals surface area contributed by atoms with Crippen molar-refractivity contribution in [2.24, 2.45) is 5.92 Å². The summed E-state index contributed by atoms with van der Waals surface area (Å²) in [7, 11) is 0. The van der Waals surface area contributed by atoms with Gasteiger partial charge in [-0.05, 0) is 86.4 Å². The number of hydrogen-bond acceptors (Lipinski definition) is 1. The Morgan fingerprint density at radius 3 is 2.68 bits per heavy atom. The van der Waals surface area contributed by atoms with Crippen molar-refractivity contribution < 1.29 is 4.79 Å². The predicted octanol–water partition coefficient (Wildman–Crippen LogP) is 6.37. The van der Waals surface area contributed by atoms with Gasteiger partial charge in [0, 0.05) is 20.7 Å². The fraction of sp³-hybridized carbons (Fsp3) is 0.190. The van der Waals surface area contributed by atoms with Gasteiger partial charge >= 0.3 is 0 Å². The molecule has 4 heteroatoms. The van der Waals surface area contributed by atoms with E-state index in [0.29, 0.717) is 11.8 Å². The first-order valence-corrected chi connectivity index (χ1v) is 9.79. The molecular weight excluding hydrogens is 442 g/mol. The second kappa shape index (κ2) is 8.15. The largest absolute Gasteiger partial charge is 0.322 e. The quantitative estimate of drug-likeness (QED) is 0.407. The second-order valence-corrected chi connectivity index (χ2v) is 7.94. The van der Waals surface area contributed by atoms with Crippen LogP contribution in [-0.2, 0) is 4.79 Å². The van der Waals surface area contributed by atoms with Gasteiger partial charge in [-0.2, -0.15) is 0 Å². The number of carbonyl (C=O) groups is 1. The number of nitrogens with one attached hydrogen (secondary N) is 1. The number of para-hydroxylation sites is 1. The summed E-state index contributed by atoms with van der Waals surface area (Å²) in [6, 6.07) is 14.2. The summed E-state index contributed by atoms with van der Waals surface area (Å²) in [5.41, 5.74) is 3.26. The standard InChI is InChI=1S/C21H19Br2NO/c1-14-6-2-4-8-20(14)24-21(25)9-5-3-7-15-12-17(15)16-10-11-18(22)19(23)13-16/h2-11,13,15,17H,12H2,1H3,(H,24,25). The molecule has 0 aromatic heterocycles. The fourth-order valence-electron chi connectivity index (χ4n) is 2.79. The van der Waals surface area contributed by atoms with Crippen LogP contribution in [0.2, 0.25) is 0 Å². The molecule has 0 spiro atoms. The SMILES string of the molecule is Cc1ccccc1NC(=O)C=CC=CC1CC1c1ccc(Br)c(Br)c1. The second-order valence-electron chi connectivity index (χ2n) is 6.23. The Balaban J connectivity index is 1.50. The van der Waals surface area contributed by atoms with Crippen molar-refractivity contribution in [3.63, 3.8) is 0 Å². The minimum atomic E-state index is -0.108. The predicted molar refractivity (Wildman–Crippen MR) is 111 cm³/mol. The summed E-state index contributed by atoms with van der Waals surface area (Å²) in [6.07, 6.45) is 8.68. The number of carbonyl (C=O) groups excluding carboxylic acids is 1. The van der Waals surface area contributed by atoms with Crippen molar-refractivity contribution >= 4 is 43.5 Å². The summed E-state index contributed by atoms with van der Waals surface area (Å²) in [6.45, 7) is 1.98. The highest BCUT2D eigenvalue weighted by Crippen LogP contribution is 2.49. The molecule has 3 rings (SSSR count). The lowest BCUT2D eigenvalue weighted by Gasteiger charge is -2.04. The van der Waals surface area contributed by atoms with E-state index in [9.17, 15) is 4.79 Å². The highest BCUT2D eigenvalue weighted by Gasteiger charge is 2.35. The molecule has 0 saturated heterocycles. The maximum Gasteiger partial charge on any atom is 0.248 e. The number of halogens is 2. The van der Waals surface area contributed by atoms with Gasteiger partial charge in [0.2, 0.25) is 5.91 Å². The van der Waals surface area contributed by atoms with Crippen molar-refractivity contribution in [1.29, 1.82) is 0 Å². The molecule has 0 aliphatic heterocycles. The molecule has 1 aliphatic carbocycles. The van der Waals surface area contributed by atoms with E-state index in [4.69, 9.17) is 0 Å². The molecule has 2 aromatic carbocycles. The summed E-state index contributed by atoms with van der Waals surface area (Å²) in [4.78, 5) is 11.9. The number of amides is 1. The molecule has 2 unspecified atom stereocenters. The molecule has 25 heavy (non-hydrogen) atoms. The summed E-state index contributed by atoms with van der Waals surface area (Å²) >= 11 is 7.05. The van der Waals surface area contributed by atoms with E-state index in [0.717, 1.165) is 26.6 Å². The molecule has 0 bridgehead atoms. The van der Waals surface area contributed by atoms with E-state index in [-0.39, 0.29) is 5.91 Å². The fourth-order valence-corrected chi connectivity index (χ4v) is 3.43. The Labute approximate surface area is 165 Å². The molecule has 2 aromatic rings. The number of anilines is 1. The van der Waals surface area contributed by atoms with E-state index >= 15 is 0 Å². The molecule has 1 fully saturated rings. The minimum absolute atomic E-state index is 0.108. The van der Waals surface area contributed by atoms with Gasteiger partial charge in [0.1, 0.15) is 0 Å². The number of rotatable bonds is 5. The molecule has 1 amide bonds. The Kier molecular flexibility index (Phi) is 5.92. The van der Waals surface area contributed by atoms with Crippen molar-refractivity contribution in [3.8, 4) is 0 Å². The first-order chi connectivity index (χ1) is 12.0. The highest BCUT2D eigenvalue weighted by atomic mass is 79.9. The Bertz CT molecular complexity index is 842. The lowest BCUT2D eigenvalue weighted by molar-refractivity contribution is -0.111. The van der Waals surface area contributed by atoms with Crippen molar-refractivity contribution in [3.05, 3.63) is 86.8 Å². The van der Waals surface area contributed by atoms with Crippen LogP contribution < -0.4 is 5.32 Å². The lowest BCUT2D eigenvalue weighted by Crippen LogP contribution is -2.08. The van der Waals surface area contributed by atoms with Crippen LogP contribution >= 0.6 is 31.9 Å². The maximum atomic E-state index is 11.9. The average molecular weight is 461 g/mol. The Morgan fingerprint density at radius 2 is 1.92 bits per heavy atom. The molecule has 0 heterocycles. The maximum absolute atomic E-state index is 11.9. The third-order valence-electron chi connectivity index (χ3n) is 4.33. The van der Waals surface area contributed by atoms with Gasteiger partial charge in [-0.1, -0.05) is 42.5 Å². The van der Waals surface area contributed by atoms with Crippen LogP contribution in [0.15, 0.2) is 75.7 Å².